The Morgan fingerprint density at radius 3 is 2.28 bits per heavy atom. The van der Waals surface area contributed by atoms with Crippen molar-refractivity contribution in [3.05, 3.63) is 58.4 Å². The average molecular weight is 339 g/mol. The van der Waals surface area contributed by atoms with E-state index in [9.17, 15) is 9.59 Å². The number of hydrogen-bond donors (Lipinski definition) is 2. The summed E-state index contributed by atoms with van der Waals surface area (Å²) in [6.45, 7) is 3.89. The van der Waals surface area contributed by atoms with Gasteiger partial charge in [0.2, 0.25) is 0 Å². The lowest BCUT2D eigenvalue weighted by Gasteiger charge is -2.10. The first-order valence-corrected chi connectivity index (χ1v) is 7.80. The van der Waals surface area contributed by atoms with E-state index in [0.29, 0.717) is 11.3 Å². The van der Waals surface area contributed by atoms with Crippen molar-refractivity contribution < 1.29 is 14.3 Å². The van der Waals surface area contributed by atoms with Crippen LogP contribution in [-0.4, -0.2) is 31.1 Å². The lowest BCUT2D eigenvalue weighted by molar-refractivity contribution is 0.0962. The molecule has 1 aromatic heterocycles. The van der Waals surface area contributed by atoms with Gasteiger partial charge in [-0.1, -0.05) is 12.2 Å². The van der Waals surface area contributed by atoms with Gasteiger partial charge in [-0.3, -0.25) is 9.78 Å². The number of benzene rings is 1. The van der Waals surface area contributed by atoms with Crippen LogP contribution in [-0.2, 0) is 0 Å². The van der Waals surface area contributed by atoms with Crippen LogP contribution in [0.25, 0.3) is 12.2 Å². The van der Waals surface area contributed by atoms with Crippen molar-refractivity contribution in [3.63, 3.8) is 0 Å². The smallest absolute Gasteiger partial charge is 0.410 e. The van der Waals surface area contributed by atoms with Crippen LogP contribution in [0.4, 0.5) is 4.79 Å². The van der Waals surface area contributed by atoms with Gasteiger partial charge in [0.25, 0.3) is 5.91 Å². The molecule has 0 bridgehead atoms. The SMILES string of the molecule is CNC(=O)Oc1cc(C)c(/C=C/c2cncc(C(=O)NC)c2)c(C)c1. The Morgan fingerprint density at radius 2 is 1.68 bits per heavy atom. The van der Waals surface area contributed by atoms with Gasteiger partial charge in [0.1, 0.15) is 5.75 Å². The van der Waals surface area contributed by atoms with Crippen molar-refractivity contribution in [3.8, 4) is 5.75 Å². The molecule has 0 aliphatic heterocycles. The molecule has 0 saturated carbocycles. The van der Waals surface area contributed by atoms with Gasteiger partial charge in [-0.2, -0.15) is 0 Å². The summed E-state index contributed by atoms with van der Waals surface area (Å²) in [5.74, 6) is 0.320. The fourth-order valence-corrected chi connectivity index (χ4v) is 2.41. The normalized spacial score (nSPS) is 10.6. The van der Waals surface area contributed by atoms with Crippen molar-refractivity contribution in [2.24, 2.45) is 0 Å². The maximum absolute atomic E-state index is 11.7. The van der Waals surface area contributed by atoms with E-state index in [1.54, 1.807) is 31.4 Å². The largest absolute Gasteiger partial charge is 0.412 e. The molecule has 2 aromatic rings. The van der Waals surface area contributed by atoms with Gasteiger partial charge in [0.05, 0.1) is 5.56 Å². The molecule has 0 unspecified atom stereocenters. The zero-order chi connectivity index (χ0) is 18.4. The second-order valence-electron chi connectivity index (χ2n) is 5.53. The minimum Gasteiger partial charge on any atom is -0.410 e. The summed E-state index contributed by atoms with van der Waals surface area (Å²) < 4.78 is 5.17. The zero-order valence-electron chi connectivity index (χ0n) is 14.7. The van der Waals surface area contributed by atoms with Crippen molar-refractivity contribution in [2.45, 2.75) is 13.8 Å². The third-order valence-corrected chi connectivity index (χ3v) is 3.67. The van der Waals surface area contributed by atoms with Crippen LogP contribution < -0.4 is 15.4 Å². The quantitative estimate of drug-likeness (QED) is 0.897. The third kappa shape index (κ3) is 4.67. The van der Waals surface area contributed by atoms with E-state index in [1.807, 2.05) is 26.0 Å². The number of aromatic nitrogens is 1. The van der Waals surface area contributed by atoms with Gasteiger partial charge in [0.15, 0.2) is 0 Å². The summed E-state index contributed by atoms with van der Waals surface area (Å²) >= 11 is 0. The van der Waals surface area contributed by atoms with Crippen LogP contribution in [0.3, 0.4) is 0 Å². The first-order chi connectivity index (χ1) is 11.9. The molecule has 0 atom stereocenters. The van der Waals surface area contributed by atoms with Crippen LogP contribution in [0.5, 0.6) is 5.75 Å². The Hall–Kier alpha value is -3.15. The number of nitrogens with zero attached hydrogens (tertiary/aromatic N) is 1. The molecule has 0 radical (unpaired) electrons. The van der Waals surface area contributed by atoms with Crippen LogP contribution in [0.15, 0.2) is 30.6 Å². The predicted octanol–water partition coefficient (Wildman–Crippen LogP) is 2.95. The highest BCUT2D eigenvalue weighted by atomic mass is 16.5. The topological polar surface area (TPSA) is 80.3 Å². The summed E-state index contributed by atoms with van der Waals surface area (Å²) in [5.41, 5.74) is 4.31. The Morgan fingerprint density at radius 1 is 1.00 bits per heavy atom. The van der Waals surface area contributed by atoms with Crippen molar-refractivity contribution in [1.29, 1.82) is 0 Å². The molecule has 6 nitrogen and oxygen atoms in total. The Balaban J connectivity index is 2.26. The van der Waals surface area contributed by atoms with E-state index in [4.69, 9.17) is 4.74 Å². The molecular formula is C19H21N3O3. The van der Waals surface area contributed by atoms with Crippen LogP contribution >= 0.6 is 0 Å². The number of hydrogen-bond acceptors (Lipinski definition) is 4. The fraction of sp³-hybridized carbons (Fsp3) is 0.211. The Kier molecular flexibility index (Phi) is 5.89. The van der Waals surface area contributed by atoms with Crippen LogP contribution in [0.2, 0.25) is 0 Å². The lowest BCUT2D eigenvalue weighted by atomic mass is 10.0. The van der Waals surface area contributed by atoms with Gasteiger partial charge >= 0.3 is 6.09 Å². The van der Waals surface area contributed by atoms with Gasteiger partial charge in [-0.05, 0) is 54.3 Å². The number of pyridine rings is 1. The number of carbonyl (C=O) groups is 2. The molecule has 1 heterocycles. The monoisotopic (exact) mass is 339 g/mol. The number of ether oxygens (including phenoxy) is 1. The third-order valence-electron chi connectivity index (χ3n) is 3.67. The average Bonchev–Trinajstić information content (AvgIpc) is 2.60. The molecule has 0 aliphatic rings. The zero-order valence-corrected chi connectivity index (χ0v) is 14.7. The molecule has 1 aromatic carbocycles. The summed E-state index contributed by atoms with van der Waals surface area (Å²) in [6.07, 6.45) is 6.57. The minimum atomic E-state index is -0.501. The molecule has 0 saturated heterocycles. The molecular weight excluding hydrogens is 318 g/mol. The van der Waals surface area contributed by atoms with Crippen LogP contribution in [0, 0.1) is 13.8 Å². The molecule has 0 aliphatic carbocycles. The van der Waals surface area contributed by atoms with Crippen molar-refractivity contribution >= 4 is 24.2 Å². The summed E-state index contributed by atoms with van der Waals surface area (Å²) in [6, 6.07) is 5.39. The molecule has 2 N–H and O–H groups in total. The first-order valence-electron chi connectivity index (χ1n) is 7.80. The summed E-state index contributed by atoms with van der Waals surface area (Å²) in [4.78, 5) is 27.1. The van der Waals surface area contributed by atoms with Gasteiger partial charge in [0, 0.05) is 26.5 Å². The number of amides is 2. The molecule has 6 heteroatoms. The fourth-order valence-electron chi connectivity index (χ4n) is 2.41. The van der Waals surface area contributed by atoms with E-state index in [-0.39, 0.29) is 5.91 Å². The number of nitrogens with one attached hydrogen (secondary N) is 2. The maximum atomic E-state index is 11.7. The number of aryl methyl sites for hydroxylation is 2. The first kappa shape index (κ1) is 18.2. The highest BCUT2D eigenvalue weighted by molar-refractivity contribution is 5.94. The van der Waals surface area contributed by atoms with Gasteiger partial charge in [-0.15, -0.1) is 0 Å². The van der Waals surface area contributed by atoms with Gasteiger partial charge < -0.3 is 15.4 Å². The molecule has 2 amide bonds. The van der Waals surface area contributed by atoms with Crippen molar-refractivity contribution in [1.82, 2.24) is 15.6 Å². The van der Waals surface area contributed by atoms with E-state index in [0.717, 1.165) is 22.3 Å². The maximum Gasteiger partial charge on any atom is 0.412 e. The molecule has 0 fully saturated rings. The summed E-state index contributed by atoms with van der Waals surface area (Å²) in [5, 5.41) is 5.00. The van der Waals surface area contributed by atoms with E-state index < -0.39 is 6.09 Å². The van der Waals surface area contributed by atoms with Gasteiger partial charge in [-0.25, -0.2) is 4.79 Å². The second kappa shape index (κ2) is 8.10. The highest BCUT2D eigenvalue weighted by Gasteiger charge is 2.07. The number of rotatable bonds is 4. The Bertz CT molecular complexity index is 805. The highest BCUT2D eigenvalue weighted by Crippen LogP contribution is 2.24. The van der Waals surface area contributed by atoms with E-state index >= 15 is 0 Å². The second-order valence-corrected chi connectivity index (χ2v) is 5.53. The van der Waals surface area contributed by atoms with Crippen molar-refractivity contribution in [2.75, 3.05) is 14.1 Å². The molecule has 130 valence electrons. The molecule has 0 spiro atoms. The Labute approximate surface area is 146 Å². The summed E-state index contributed by atoms with van der Waals surface area (Å²) in [7, 11) is 3.10. The van der Waals surface area contributed by atoms with E-state index in [2.05, 4.69) is 15.6 Å². The standard InChI is InChI=1S/C19H21N3O3/c1-12-7-16(25-19(24)21-4)8-13(2)17(12)6-5-14-9-15(11-22-10-14)18(23)20-3/h5-11H,1-4H3,(H,20,23)(H,21,24)/b6-5+. The number of carbonyl (C=O) groups excluding carboxylic acids is 2. The molecule has 2 rings (SSSR count). The lowest BCUT2D eigenvalue weighted by Crippen LogP contribution is -2.22. The van der Waals surface area contributed by atoms with E-state index in [1.165, 1.54) is 13.2 Å². The van der Waals surface area contributed by atoms with Crippen LogP contribution in [0.1, 0.15) is 32.6 Å². The minimum absolute atomic E-state index is 0.175. The predicted molar refractivity (Wildman–Crippen MR) is 97.6 cm³/mol. The molecule has 25 heavy (non-hydrogen) atoms.